The van der Waals surface area contributed by atoms with E-state index in [1.54, 1.807) is 0 Å². The van der Waals surface area contributed by atoms with Gasteiger partial charge in [-0.25, -0.2) is 9.13 Å². The maximum absolute atomic E-state index is 9.70. The lowest BCUT2D eigenvalue weighted by atomic mass is 10.9. The van der Waals surface area contributed by atoms with Crippen molar-refractivity contribution in [2.24, 2.45) is 0 Å². The van der Waals surface area contributed by atoms with Gasteiger partial charge in [-0.1, -0.05) is 0 Å². The first-order chi connectivity index (χ1) is 5.06. The lowest BCUT2D eigenvalue weighted by Gasteiger charge is -1.98. The second kappa shape index (κ2) is 5.80. The molecule has 0 aromatic heterocycles. The highest BCUT2D eigenvalue weighted by Crippen LogP contribution is 2.34. The molecule has 0 aliphatic carbocycles. The molecule has 8 nitrogen and oxygen atoms in total. The summed E-state index contributed by atoms with van der Waals surface area (Å²) in [7, 11) is -8.80. The Morgan fingerprint density at radius 2 is 1.33 bits per heavy atom. The first-order valence-electron chi connectivity index (χ1n) is 2.54. The molecule has 0 atom stereocenters. The minimum absolute atomic E-state index is 0.0459. The van der Waals surface area contributed by atoms with Crippen LogP contribution in [0.2, 0.25) is 0 Å². The molecule has 10 heteroatoms. The van der Waals surface area contributed by atoms with E-state index < -0.39 is 15.6 Å². The molecule has 0 fully saturated rings. The van der Waals surface area contributed by atoms with Gasteiger partial charge in [-0.15, -0.1) is 0 Å². The predicted octanol–water partition coefficient (Wildman–Crippen LogP) is -0.813. The van der Waals surface area contributed by atoms with Crippen LogP contribution in [0.3, 0.4) is 0 Å². The van der Waals surface area contributed by atoms with Gasteiger partial charge in [0.05, 0.1) is 6.61 Å². The molecule has 0 amide bonds. The highest BCUT2D eigenvalue weighted by molar-refractivity contribution is 7.46. The second-order valence-corrected chi connectivity index (χ2v) is 3.69. The standard InChI is InChI=1S/C2H7O4P.H3O4P/c1-2-6-7(3,4)5;1-5(2,3)4/h2H2,1H3,(H2,3,4,5);(H3,1,2,3,4). The molecule has 12 heavy (non-hydrogen) atoms. The van der Waals surface area contributed by atoms with Crippen molar-refractivity contribution in [1.82, 2.24) is 0 Å². The molecular weight excluding hydrogens is 214 g/mol. The fraction of sp³-hybridized carbons (Fsp3) is 1.00. The van der Waals surface area contributed by atoms with Crippen molar-refractivity contribution >= 4 is 15.6 Å². The Morgan fingerprint density at radius 3 is 1.33 bits per heavy atom. The third kappa shape index (κ3) is 48.8. The molecule has 0 saturated heterocycles. The average Bonchev–Trinajstić information content (AvgIpc) is 1.54. The van der Waals surface area contributed by atoms with Gasteiger partial charge in [0.1, 0.15) is 0 Å². The molecule has 76 valence electrons. The van der Waals surface area contributed by atoms with Crippen LogP contribution in [0.1, 0.15) is 6.92 Å². The maximum Gasteiger partial charge on any atom is 0.469 e. The van der Waals surface area contributed by atoms with Crippen molar-refractivity contribution in [1.29, 1.82) is 0 Å². The molecule has 0 unspecified atom stereocenters. The fourth-order valence-corrected chi connectivity index (χ4v) is 0.505. The summed E-state index contributed by atoms with van der Waals surface area (Å²) in [4.78, 5) is 37.4. The van der Waals surface area contributed by atoms with Crippen LogP contribution in [0.5, 0.6) is 0 Å². The van der Waals surface area contributed by atoms with Gasteiger partial charge in [-0.05, 0) is 6.92 Å². The summed E-state index contributed by atoms with van der Waals surface area (Å²) in [6.07, 6.45) is 0. The van der Waals surface area contributed by atoms with Crippen molar-refractivity contribution in [3.63, 3.8) is 0 Å². The molecule has 0 radical (unpaired) electrons. The van der Waals surface area contributed by atoms with Crippen LogP contribution in [0.25, 0.3) is 0 Å². The Morgan fingerprint density at radius 1 is 1.08 bits per heavy atom. The Balaban J connectivity index is 0. The van der Waals surface area contributed by atoms with Gasteiger partial charge in [0, 0.05) is 0 Å². The number of phosphoric ester groups is 1. The second-order valence-electron chi connectivity index (χ2n) is 1.42. The van der Waals surface area contributed by atoms with Crippen molar-refractivity contribution in [2.45, 2.75) is 6.92 Å². The van der Waals surface area contributed by atoms with E-state index in [2.05, 4.69) is 4.52 Å². The smallest absolute Gasteiger partial charge is 0.303 e. The summed E-state index contributed by atoms with van der Waals surface area (Å²) in [6, 6.07) is 0. The van der Waals surface area contributed by atoms with Gasteiger partial charge in [0.25, 0.3) is 0 Å². The third-order valence-electron chi connectivity index (χ3n) is 0.297. The molecule has 0 aliphatic rings. The molecule has 0 bridgehead atoms. The lowest BCUT2D eigenvalue weighted by molar-refractivity contribution is 0.206. The van der Waals surface area contributed by atoms with Gasteiger partial charge in [-0.2, -0.15) is 0 Å². The molecule has 0 aromatic carbocycles. The van der Waals surface area contributed by atoms with E-state index in [-0.39, 0.29) is 6.61 Å². The van der Waals surface area contributed by atoms with Crippen LogP contribution in [-0.2, 0) is 13.7 Å². The first-order valence-corrected chi connectivity index (χ1v) is 5.64. The SMILES string of the molecule is CCOP(=O)(O)O.O=P(O)(O)O. The van der Waals surface area contributed by atoms with Crippen LogP contribution in [-0.4, -0.2) is 31.1 Å². The van der Waals surface area contributed by atoms with Crippen molar-refractivity contribution in [3.8, 4) is 0 Å². The van der Waals surface area contributed by atoms with Crippen LogP contribution in [0.15, 0.2) is 0 Å². The van der Waals surface area contributed by atoms with E-state index in [1.807, 2.05) is 0 Å². The van der Waals surface area contributed by atoms with Crippen LogP contribution >= 0.6 is 15.6 Å². The number of hydrogen-bond donors (Lipinski definition) is 5. The first kappa shape index (κ1) is 14.7. The van der Waals surface area contributed by atoms with Gasteiger partial charge in [0.15, 0.2) is 0 Å². The van der Waals surface area contributed by atoms with E-state index >= 15 is 0 Å². The zero-order chi connectivity index (χ0) is 10.4. The number of rotatable bonds is 2. The summed E-state index contributed by atoms with van der Waals surface area (Å²) in [6.45, 7) is 1.56. The fourth-order valence-electron chi connectivity index (χ4n) is 0.168. The predicted molar refractivity (Wildman–Crippen MR) is 37.9 cm³/mol. The molecule has 0 heterocycles. The summed E-state index contributed by atoms with van der Waals surface area (Å²) in [5.41, 5.74) is 0. The van der Waals surface area contributed by atoms with Crippen molar-refractivity contribution < 1.29 is 38.1 Å². The summed E-state index contributed by atoms with van der Waals surface area (Å²) >= 11 is 0. The van der Waals surface area contributed by atoms with Crippen LogP contribution < -0.4 is 0 Å². The summed E-state index contributed by atoms with van der Waals surface area (Å²) in [5, 5.41) is 0. The minimum atomic E-state index is -4.64. The van der Waals surface area contributed by atoms with Crippen molar-refractivity contribution in [2.75, 3.05) is 6.61 Å². The third-order valence-corrected chi connectivity index (χ3v) is 0.892. The highest BCUT2D eigenvalue weighted by Gasteiger charge is 2.10. The average molecular weight is 224 g/mol. The van der Waals surface area contributed by atoms with Gasteiger partial charge in [-0.3, -0.25) is 4.52 Å². The topological polar surface area (TPSA) is 145 Å². The Labute approximate surface area is 68.3 Å². The number of phosphoric acid groups is 2. The van der Waals surface area contributed by atoms with Gasteiger partial charge >= 0.3 is 15.6 Å². The molecular formula is C2H10O8P2. The molecule has 0 rings (SSSR count). The van der Waals surface area contributed by atoms with E-state index in [0.29, 0.717) is 0 Å². The number of hydrogen-bond acceptors (Lipinski definition) is 3. The van der Waals surface area contributed by atoms with Crippen LogP contribution in [0.4, 0.5) is 0 Å². The molecule has 0 aliphatic heterocycles. The molecule has 0 aromatic rings. The normalized spacial score (nSPS) is 11.8. The van der Waals surface area contributed by atoms with E-state index in [9.17, 15) is 4.57 Å². The zero-order valence-electron chi connectivity index (χ0n) is 6.06. The van der Waals surface area contributed by atoms with E-state index in [1.165, 1.54) is 6.92 Å². The lowest BCUT2D eigenvalue weighted by Crippen LogP contribution is -1.84. The largest absolute Gasteiger partial charge is 0.469 e. The highest BCUT2D eigenvalue weighted by atomic mass is 31.2. The van der Waals surface area contributed by atoms with E-state index in [4.69, 9.17) is 29.0 Å². The van der Waals surface area contributed by atoms with E-state index in [0.717, 1.165) is 0 Å². The Kier molecular flexibility index (Phi) is 7.11. The monoisotopic (exact) mass is 224 g/mol. The Bertz CT molecular complexity index is 179. The maximum atomic E-state index is 9.70. The summed E-state index contributed by atoms with van der Waals surface area (Å²) < 4.78 is 22.5. The molecule has 5 N–H and O–H groups in total. The molecule has 0 saturated carbocycles. The summed E-state index contributed by atoms with van der Waals surface area (Å²) in [5.74, 6) is 0. The quantitative estimate of drug-likeness (QED) is 0.383. The Hall–Kier alpha value is 0.220. The molecule has 0 spiro atoms. The van der Waals surface area contributed by atoms with Crippen molar-refractivity contribution in [3.05, 3.63) is 0 Å². The van der Waals surface area contributed by atoms with Crippen LogP contribution in [0, 0.1) is 0 Å². The zero-order valence-corrected chi connectivity index (χ0v) is 7.85. The minimum Gasteiger partial charge on any atom is -0.303 e. The van der Waals surface area contributed by atoms with Gasteiger partial charge < -0.3 is 24.5 Å². The van der Waals surface area contributed by atoms with Gasteiger partial charge in [0.2, 0.25) is 0 Å².